The number of rotatable bonds is 25. The van der Waals surface area contributed by atoms with E-state index in [2.05, 4.69) is 13.0 Å². The van der Waals surface area contributed by atoms with E-state index in [9.17, 15) is 39.3 Å². The van der Waals surface area contributed by atoms with E-state index in [-0.39, 0.29) is 67.3 Å². The normalized spacial score (nSPS) is 28.9. The molecule has 66 heavy (non-hydrogen) atoms. The number of carbonyl (C=O) groups is 5. The van der Waals surface area contributed by atoms with Gasteiger partial charge in [-0.05, 0) is 114 Å². The van der Waals surface area contributed by atoms with Crippen LogP contribution in [0.2, 0.25) is 0 Å². The maximum atomic E-state index is 14.3. The number of Topliss-reactive ketones (excluding diaryl/α,β-unsaturated/α-hetero) is 3. The van der Waals surface area contributed by atoms with E-state index in [1.165, 1.54) is 12.0 Å². The van der Waals surface area contributed by atoms with Crippen LogP contribution in [0.1, 0.15) is 132 Å². The Labute approximate surface area is 394 Å². The molecular formula is C52H83NO13. The van der Waals surface area contributed by atoms with E-state index in [1.807, 2.05) is 45.1 Å². The summed E-state index contributed by atoms with van der Waals surface area (Å²) in [6.45, 7) is 14.8. The molecule has 2 heterocycles. The second-order valence-electron chi connectivity index (χ2n) is 19.7. The van der Waals surface area contributed by atoms with Gasteiger partial charge >= 0.3 is 5.97 Å². The van der Waals surface area contributed by atoms with Crippen LogP contribution in [0.25, 0.3) is 0 Å². The third-order valence-electron chi connectivity index (χ3n) is 14.2. The van der Waals surface area contributed by atoms with E-state index in [0.29, 0.717) is 56.9 Å². The number of esters is 1. The summed E-state index contributed by atoms with van der Waals surface area (Å²) in [6, 6.07) is -1.12. The zero-order chi connectivity index (χ0) is 49.3. The summed E-state index contributed by atoms with van der Waals surface area (Å²) in [4.78, 5) is 69.3. The van der Waals surface area contributed by atoms with Gasteiger partial charge in [0, 0.05) is 58.5 Å². The Balaban J connectivity index is 1.77. The minimum absolute atomic E-state index is 0.00799. The fraction of sp³-hybridized carbons (Fsp3) is 0.750. The van der Waals surface area contributed by atoms with Crippen molar-refractivity contribution < 1.29 is 63.0 Å². The standard InChI is InChI=1S/C52H83NO13/c1-32(25-34(3)39(8)54)17-13-12-14-18-33(2)46(63-10)29-41-22-20-38(7)52(61,66-41)49(58)50(59)53-24-16-15-19-42(53)51(60)65-47(30-44(56)35(4)26-36(5)45(57)31-62-9)37(6)27-40-21-23-43(55)48(28-40)64-11/h12-14,17-18,26,32,34-35,37-38,40-43,45-48,55,57,61H,15-16,19-25,27-31H2,1-11H3/b14-12+,17-13+,33-18+,36-26-/t32-,34+,35+,37+,38+,40-,41-,42-,43-,45+,46+,47-,48-,52-/m0/s1. The third-order valence-corrected chi connectivity index (χ3v) is 14.2. The summed E-state index contributed by atoms with van der Waals surface area (Å²) >= 11 is 0. The molecule has 1 amide bonds. The molecule has 0 unspecified atom stereocenters. The highest BCUT2D eigenvalue weighted by molar-refractivity contribution is 6.39. The van der Waals surface area contributed by atoms with E-state index >= 15 is 0 Å². The number of methoxy groups -OCH3 is 3. The average Bonchev–Trinajstić information content (AvgIpc) is 3.28. The molecule has 14 atom stereocenters. The SMILES string of the molecule is COC[C@@H](O)/C(C)=C\[C@@H](C)C(=O)C[C@H](OC(=O)[C@@H]1CCCCN1C(=O)C(=O)[C@@]1(O)O[C@H](C[C@@H](OC)/C(C)=C/C=C/C=C/[C@H](C)C[C@@H](C)C(C)=O)CC[C@H]1C)[C@H](C)C[C@@H]1CC[C@H](O)[C@@H](OC)C1. The van der Waals surface area contributed by atoms with Crippen molar-refractivity contribution in [3.05, 3.63) is 47.6 Å². The fourth-order valence-electron chi connectivity index (χ4n) is 9.55. The summed E-state index contributed by atoms with van der Waals surface area (Å²) in [5.41, 5.74) is 1.48. The first kappa shape index (κ1) is 57.0. The van der Waals surface area contributed by atoms with Gasteiger partial charge < -0.3 is 43.9 Å². The van der Waals surface area contributed by atoms with E-state index in [4.69, 9.17) is 23.7 Å². The number of allylic oxidation sites excluding steroid dienone is 6. The molecule has 0 radical (unpaired) electrons. The highest BCUT2D eigenvalue weighted by Gasteiger charge is 2.53. The average molecular weight is 930 g/mol. The Hall–Kier alpha value is -3.37. The van der Waals surface area contributed by atoms with Crippen LogP contribution in [-0.4, -0.2) is 132 Å². The number of aliphatic hydroxyl groups excluding tert-OH is 2. The molecule has 0 bridgehead atoms. The van der Waals surface area contributed by atoms with Crippen LogP contribution in [0, 0.1) is 35.5 Å². The number of ether oxygens (including phenoxy) is 5. The van der Waals surface area contributed by atoms with Crippen molar-refractivity contribution in [1.29, 1.82) is 0 Å². The van der Waals surface area contributed by atoms with Crippen LogP contribution in [-0.2, 0) is 47.7 Å². The van der Waals surface area contributed by atoms with Gasteiger partial charge in [0.2, 0.25) is 5.79 Å². The summed E-state index contributed by atoms with van der Waals surface area (Å²) in [6.07, 6.45) is 13.6. The molecule has 3 aliphatic rings. The molecule has 0 aromatic carbocycles. The van der Waals surface area contributed by atoms with Gasteiger partial charge in [-0.25, -0.2) is 4.79 Å². The number of amides is 1. The van der Waals surface area contributed by atoms with Crippen LogP contribution >= 0.6 is 0 Å². The molecule has 14 nitrogen and oxygen atoms in total. The first-order valence-corrected chi connectivity index (χ1v) is 24.3. The van der Waals surface area contributed by atoms with Crippen molar-refractivity contribution in [2.75, 3.05) is 34.5 Å². The summed E-state index contributed by atoms with van der Waals surface area (Å²) in [5.74, 6) is -6.54. The van der Waals surface area contributed by atoms with Crippen LogP contribution in [0.15, 0.2) is 47.6 Å². The molecule has 2 saturated heterocycles. The third kappa shape index (κ3) is 16.7. The molecule has 374 valence electrons. The first-order valence-electron chi connectivity index (χ1n) is 24.3. The van der Waals surface area contributed by atoms with Crippen LogP contribution < -0.4 is 0 Å². The van der Waals surface area contributed by atoms with Crippen LogP contribution in [0.3, 0.4) is 0 Å². The summed E-state index contributed by atoms with van der Waals surface area (Å²) in [5, 5.41) is 32.8. The van der Waals surface area contributed by atoms with Crippen molar-refractivity contribution in [1.82, 2.24) is 4.90 Å². The van der Waals surface area contributed by atoms with Gasteiger partial charge in [-0.1, -0.05) is 71.1 Å². The monoisotopic (exact) mass is 930 g/mol. The van der Waals surface area contributed by atoms with Gasteiger partial charge in [0.25, 0.3) is 11.7 Å². The smallest absolute Gasteiger partial charge is 0.329 e. The quantitative estimate of drug-likeness (QED) is 0.0374. The molecule has 14 heteroatoms. The van der Waals surface area contributed by atoms with Gasteiger partial charge in [-0.2, -0.15) is 0 Å². The van der Waals surface area contributed by atoms with Crippen LogP contribution in [0.4, 0.5) is 0 Å². The van der Waals surface area contributed by atoms with Gasteiger partial charge in [0.05, 0.1) is 37.1 Å². The number of aliphatic hydroxyl groups is 3. The zero-order valence-corrected chi connectivity index (χ0v) is 41.7. The molecule has 0 aromatic rings. The first-order chi connectivity index (χ1) is 31.2. The fourth-order valence-corrected chi connectivity index (χ4v) is 9.55. The number of carbonyl (C=O) groups excluding carboxylic acids is 5. The van der Waals surface area contributed by atoms with Crippen molar-refractivity contribution >= 4 is 29.2 Å². The van der Waals surface area contributed by atoms with E-state index < -0.39 is 71.8 Å². The maximum Gasteiger partial charge on any atom is 0.329 e. The minimum atomic E-state index is -2.43. The van der Waals surface area contributed by atoms with Crippen molar-refractivity contribution in [2.24, 2.45) is 35.5 Å². The Morgan fingerprint density at radius 1 is 0.894 bits per heavy atom. The van der Waals surface area contributed by atoms with Gasteiger partial charge in [-0.15, -0.1) is 0 Å². The van der Waals surface area contributed by atoms with E-state index in [1.54, 1.807) is 48.0 Å². The lowest BCUT2D eigenvalue weighted by molar-refractivity contribution is -0.265. The predicted molar refractivity (Wildman–Crippen MR) is 252 cm³/mol. The van der Waals surface area contributed by atoms with Crippen molar-refractivity contribution in [2.45, 2.75) is 181 Å². The molecule has 3 N–H and O–H groups in total. The summed E-state index contributed by atoms with van der Waals surface area (Å²) < 4.78 is 28.8. The lowest BCUT2D eigenvalue weighted by Gasteiger charge is -2.42. The van der Waals surface area contributed by atoms with Gasteiger partial charge in [0.15, 0.2) is 0 Å². The number of piperidine rings is 1. The predicted octanol–water partition coefficient (Wildman–Crippen LogP) is 6.82. The number of ketones is 3. The minimum Gasteiger partial charge on any atom is -0.460 e. The highest BCUT2D eigenvalue weighted by atomic mass is 16.6. The molecule has 1 saturated carbocycles. The molecule has 0 spiro atoms. The summed E-state index contributed by atoms with van der Waals surface area (Å²) in [7, 11) is 4.64. The second kappa shape index (κ2) is 27.6. The van der Waals surface area contributed by atoms with Crippen molar-refractivity contribution in [3.63, 3.8) is 0 Å². The molecule has 2 aliphatic heterocycles. The van der Waals surface area contributed by atoms with Gasteiger partial charge in [0.1, 0.15) is 23.7 Å². The Bertz CT molecular complexity index is 1720. The van der Waals surface area contributed by atoms with Crippen molar-refractivity contribution in [3.8, 4) is 0 Å². The molecule has 0 aromatic heterocycles. The lowest BCUT2D eigenvalue weighted by atomic mass is 9.78. The molecular weight excluding hydrogens is 847 g/mol. The number of likely N-dealkylation sites (tertiary alicyclic amines) is 1. The topological polar surface area (TPSA) is 195 Å². The Kier molecular flexibility index (Phi) is 23.8. The highest BCUT2D eigenvalue weighted by Crippen LogP contribution is 2.37. The zero-order valence-electron chi connectivity index (χ0n) is 41.7. The van der Waals surface area contributed by atoms with E-state index in [0.717, 1.165) is 18.4 Å². The Morgan fingerprint density at radius 3 is 2.26 bits per heavy atom. The van der Waals surface area contributed by atoms with Gasteiger partial charge in [-0.3, -0.25) is 19.2 Å². The largest absolute Gasteiger partial charge is 0.460 e. The van der Waals surface area contributed by atoms with Crippen LogP contribution in [0.5, 0.6) is 0 Å². The Morgan fingerprint density at radius 2 is 1.61 bits per heavy atom. The maximum absolute atomic E-state index is 14.3. The molecule has 3 rings (SSSR count). The number of hydrogen-bond acceptors (Lipinski definition) is 13. The lowest BCUT2D eigenvalue weighted by Crippen LogP contribution is -2.61. The second-order valence-corrected chi connectivity index (χ2v) is 19.7. The molecule has 3 fully saturated rings. The number of hydrogen-bond donors (Lipinski definition) is 3. The molecule has 1 aliphatic carbocycles. The number of nitrogens with zero attached hydrogens (tertiary/aromatic N) is 1.